The molecule has 2 fully saturated rings. The first-order valence-electron chi connectivity index (χ1n) is 9.94. The second kappa shape index (κ2) is 8.22. The van der Waals surface area contributed by atoms with E-state index in [1.807, 2.05) is 4.90 Å². The summed E-state index contributed by atoms with van der Waals surface area (Å²) in [4.78, 5) is 16.4. The van der Waals surface area contributed by atoms with Gasteiger partial charge in [0.05, 0.1) is 0 Å². The van der Waals surface area contributed by atoms with Gasteiger partial charge in [-0.2, -0.15) is 0 Å². The number of anilines is 2. The Hall–Kier alpha value is -1.55. The molecule has 138 valence electrons. The monoisotopic (exact) mass is 343 g/mol. The fourth-order valence-electron chi connectivity index (χ4n) is 4.26. The molecular formula is C21H33N3O. The van der Waals surface area contributed by atoms with E-state index in [0.717, 1.165) is 37.7 Å². The molecule has 4 heteroatoms. The Balaban J connectivity index is 1.55. The third kappa shape index (κ3) is 4.75. The van der Waals surface area contributed by atoms with E-state index in [1.54, 1.807) is 0 Å². The SMILES string of the molecule is CC(C)C[C@H](C)NC1CCN(c2cccc(N3CCCC3=O)c2)CC1. The van der Waals surface area contributed by atoms with Gasteiger partial charge in [-0.15, -0.1) is 0 Å². The third-order valence-corrected chi connectivity index (χ3v) is 5.42. The van der Waals surface area contributed by atoms with Gasteiger partial charge in [-0.1, -0.05) is 19.9 Å². The second-order valence-corrected chi connectivity index (χ2v) is 8.13. The van der Waals surface area contributed by atoms with E-state index in [0.29, 0.717) is 18.5 Å². The van der Waals surface area contributed by atoms with E-state index < -0.39 is 0 Å². The Bertz CT molecular complexity index is 578. The number of nitrogens with zero attached hydrogens (tertiary/aromatic N) is 2. The van der Waals surface area contributed by atoms with Gasteiger partial charge in [0.15, 0.2) is 0 Å². The predicted octanol–water partition coefficient (Wildman–Crippen LogP) is 3.81. The first-order valence-corrected chi connectivity index (χ1v) is 9.94. The predicted molar refractivity (Wildman–Crippen MR) is 105 cm³/mol. The van der Waals surface area contributed by atoms with Gasteiger partial charge in [0.25, 0.3) is 0 Å². The highest BCUT2D eigenvalue weighted by molar-refractivity contribution is 5.95. The zero-order chi connectivity index (χ0) is 17.8. The number of carbonyl (C=O) groups excluding carboxylic acids is 1. The highest BCUT2D eigenvalue weighted by atomic mass is 16.2. The average Bonchev–Trinajstić information content (AvgIpc) is 3.01. The lowest BCUT2D eigenvalue weighted by Crippen LogP contribution is -2.45. The lowest BCUT2D eigenvalue weighted by molar-refractivity contribution is -0.117. The number of hydrogen-bond acceptors (Lipinski definition) is 3. The lowest BCUT2D eigenvalue weighted by atomic mass is 10.00. The Morgan fingerprint density at radius 3 is 2.48 bits per heavy atom. The van der Waals surface area contributed by atoms with Gasteiger partial charge in [0.1, 0.15) is 0 Å². The van der Waals surface area contributed by atoms with Crippen LogP contribution in [0.4, 0.5) is 11.4 Å². The van der Waals surface area contributed by atoms with Crippen molar-refractivity contribution in [2.24, 2.45) is 5.92 Å². The Labute approximate surface area is 152 Å². The number of benzene rings is 1. The highest BCUT2D eigenvalue weighted by Gasteiger charge is 2.24. The van der Waals surface area contributed by atoms with E-state index in [9.17, 15) is 4.79 Å². The van der Waals surface area contributed by atoms with Gasteiger partial charge in [0.2, 0.25) is 5.91 Å². The van der Waals surface area contributed by atoms with Gasteiger partial charge in [0, 0.05) is 49.5 Å². The molecule has 1 N–H and O–H groups in total. The molecule has 0 unspecified atom stereocenters. The van der Waals surface area contributed by atoms with E-state index in [1.165, 1.54) is 24.9 Å². The van der Waals surface area contributed by atoms with Crippen molar-refractivity contribution in [3.05, 3.63) is 24.3 Å². The molecule has 0 bridgehead atoms. The lowest BCUT2D eigenvalue weighted by Gasteiger charge is -2.36. The van der Waals surface area contributed by atoms with Gasteiger partial charge < -0.3 is 15.1 Å². The quantitative estimate of drug-likeness (QED) is 0.853. The Kier molecular flexibility index (Phi) is 6.00. The normalized spacial score (nSPS) is 20.6. The van der Waals surface area contributed by atoms with Crippen molar-refractivity contribution in [2.75, 3.05) is 29.4 Å². The van der Waals surface area contributed by atoms with Crippen molar-refractivity contribution >= 4 is 17.3 Å². The topological polar surface area (TPSA) is 35.6 Å². The van der Waals surface area contributed by atoms with E-state index in [4.69, 9.17) is 0 Å². The van der Waals surface area contributed by atoms with E-state index >= 15 is 0 Å². The van der Waals surface area contributed by atoms with Crippen LogP contribution < -0.4 is 15.1 Å². The molecule has 25 heavy (non-hydrogen) atoms. The molecule has 1 aromatic carbocycles. The summed E-state index contributed by atoms with van der Waals surface area (Å²) in [6.45, 7) is 9.93. The smallest absolute Gasteiger partial charge is 0.227 e. The largest absolute Gasteiger partial charge is 0.371 e. The van der Waals surface area contributed by atoms with Crippen LogP contribution in [0.1, 0.15) is 52.9 Å². The van der Waals surface area contributed by atoms with Crippen molar-refractivity contribution in [3.8, 4) is 0 Å². The summed E-state index contributed by atoms with van der Waals surface area (Å²) in [5, 5.41) is 3.80. The minimum absolute atomic E-state index is 0.263. The summed E-state index contributed by atoms with van der Waals surface area (Å²) in [6, 6.07) is 9.76. The van der Waals surface area contributed by atoms with Crippen molar-refractivity contribution in [1.29, 1.82) is 0 Å². The van der Waals surface area contributed by atoms with Crippen LogP contribution >= 0.6 is 0 Å². The number of rotatable bonds is 6. The summed E-state index contributed by atoms with van der Waals surface area (Å²) in [7, 11) is 0. The van der Waals surface area contributed by atoms with Crippen LogP contribution in [-0.4, -0.2) is 37.6 Å². The molecule has 0 spiro atoms. The first kappa shape index (κ1) is 18.2. The average molecular weight is 344 g/mol. The molecule has 0 radical (unpaired) electrons. The number of carbonyl (C=O) groups is 1. The molecule has 1 aromatic rings. The Morgan fingerprint density at radius 1 is 1.12 bits per heavy atom. The first-order chi connectivity index (χ1) is 12.0. The molecule has 2 aliphatic rings. The van der Waals surface area contributed by atoms with Crippen LogP contribution in [0.5, 0.6) is 0 Å². The van der Waals surface area contributed by atoms with Crippen molar-refractivity contribution in [3.63, 3.8) is 0 Å². The standard InChI is InChI=1S/C21H33N3O/c1-16(2)14-17(3)22-18-9-12-23(13-10-18)19-6-4-7-20(15-19)24-11-5-8-21(24)25/h4,6-7,15-18,22H,5,8-14H2,1-3H3/t17-/m0/s1. The molecule has 0 aliphatic carbocycles. The maximum atomic E-state index is 12.0. The summed E-state index contributed by atoms with van der Waals surface area (Å²) in [5.41, 5.74) is 2.32. The zero-order valence-corrected chi connectivity index (χ0v) is 16.0. The molecule has 1 atom stereocenters. The number of hydrogen-bond donors (Lipinski definition) is 1. The summed E-state index contributed by atoms with van der Waals surface area (Å²) < 4.78 is 0. The van der Waals surface area contributed by atoms with Crippen LogP contribution in [0, 0.1) is 5.92 Å². The van der Waals surface area contributed by atoms with Crippen LogP contribution in [0.25, 0.3) is 0 Å². The van der Waals surface area contributed by atoms with Crippen molar-refractivity contribution < 1.29 is 4.79 Å². The summed E-state index contributed by atoms with van der Waals surface area (Å²) >= 11 is 0. The highest BCUT2D eigenvalue weighted by Crippen LogP contribution is 2.28. The summed E-state index contributed by atoms with van der Waals surface area (Å²) in [6.07, 6.45) is 5.29. The molecule has 1 amide bonds. The molecule has 0 aromatic heterocycles. The van der Waals surface area contributed by atoms with Gasteiger partial charge in [-0.05, 0) is 56.7 Å². The maximum absolute atomic E-state index is 12.0. The van der Waals surface area contributed by atoms with Crippen molar-refractivity contribution in [2.45, 2.75) is 65.0 Å². The molecule has 2 heterocycles. The van der Waals surface area contributed by atoms with Crippen LogP contribution in [0.15, 0.2) is 24.3 Å². The molecule has 0 saturated carbocycles. The molecule has 2 saturated heterocycles. The van der Waals surface area contributed by atoms with Crippen LogP contribution in [0.3, 0.4) is 0 Å². The van der Waals surface area contributed by atoms with E-state index in [2.05, 4.69) is 55.3 Å². The molecule has 3 rings (SSSR count). The number of amides is 1. The van der Waals surface area contributed by atoms with Crippen LogP contribution in [-0.2, 0) is 4.79 Å². The van der Waals surface area contributed by atoms with Crippen molar-refractivity contribution in [1.82, 2.24) is 5.32 Å². The number of nitrogens with one attached hydrogen (secondary N) is 1. The van der Waals surface area contributed by atoms with Gasteiger partial charge in [-0.3, -0.25) is 4.79 Å². The third-order valence-electron chi connectivity index (χ3n) is 5.42. The minimum Gasteiger partial charge on any atom is -0.371 e. The maximum Gasteiger partial charge on any atom is 0.227 e. The van der Waals surface area contributed by atoms with E-state index in [-0.39, 0.29) is 5.91 Å². The van der Waals surface area contributed by atoms with Gasteiger partial charge in [-0.25, -0.2) is 0 Å². The minimum atomic E-state index is 0.263. The second-order valence-electron chi connectivity index (χ2n) is 8.13. The molecule has 2 aliphatic heterocycles. The fraction of sp³-hybridized carbons (Fsp3) is 0.667. The fourth-order valence-corrected chi connectivity index (χ4v) is 4.26. The summed E-state index contributed by atoms with van der Waals surface area (Å²) in [5.74, 6) is 1.01. The van der Waals surface area contributed by atoms with Gasteiger partial charge >= 0.3 is 0 Å². The zero-order valence-electron chi connectivity index (χ0n) is 16.0. The molecular weight excluding hydrogens is 310 g/mol. The van der Waals surface area contributed by atoms with Crippen LogP contribution in [0.2, 0.25) is 0 Å². The Morgan fingerprint density at radius 2 is 1.84 bits per heavy atom. The molecule has 4 nitrogen and oxygen atoms in total. The number of piperidine rings is 1.